The van der Waals surface area contributed by atoms with Crippen LogP contribution in [-0.2, 0) is 16.0 Å². The minimum Gasteiger partial charge on any atom is -0.462 e. The number of hydrogen-bond acceptors (Lipinski definition) is 4. The van der Waals surface area contributed by atoms with Crippen LogP contribution in [0, 0.1) is 0 Å². The summed E-state index contributed by atoms with van der Waals surface area (Å²) >= 11 is 1.40. The standard InChI is InChI=1S/C16H17NO3S/c1-3-20-16(19)14-10-13(21-15(14)17-11(2)18)9-12-7-5-4-6-8-12/h4-8,10H,3,9H2,1-2H3,(H,17,18). The largest absolute Gasteiger partial charge is 0.462 e. The zero-order valence-electron chi connectivity index (χ0n) is 12.0. The van der Waals surface area contributed by atoms with Crippen LogP contribution in [0.1, 0.15) is 34.6 Å². The second kappa shape index (κ2) is 7.04. The Balaban J connectivity index is 2.26. The molecule has 0 radical (unpaired) electrons. The summed E-state index contributed by atoms with van der Waals surface area (Å²) in [4.78, 5) is 24.2. The number of thiophene rings is 1. The summed E-state index contributed by atoms with van der Waals surface area (Å²) in [7, 11) is 0. The van der Waals surface area contributed by atoms with Gasteiger partial charge in [0.15, 0.2) is 0 Å². The Morgan fingerprint density at radius 2 is 1.95 bits per heavy atom. The highest BCUT2D eigenvalue weighted by Gasteiger charge is 2.18. The van der Waals surface area contributed by atoms with E-state index in [4.69, 9.17) is 4.74 Å². The van der Waals surface area contributed by atoms with E-state index in [1.54, 1.807) is 13.0 Å². The minimum atomic E-state index is -0.406. The highest BCUT2D eigenvalue weighted by atomic mass is 32.1. The molecule has 0 spiro atoms. The van der Waals surface area contributed by atoms with E-state index < -0.39 is 5.97 Å². The van der Waals surface area contributed by atoms with Crippen LogP contribution in [0.25, 0.3) is 0 Å². The molecule has 1 aromatic heterocycles. The third kappa shape index (κ3) is 4.16. The van der Waals surface area contributed by atoms with Crippen LogP contribution in [0.3, 0.4) is 0 Å². The Kier molecular flexibility index (Phi) is 5.11. The zero-order valence-corrected chi connectivity index (χ0v) is 12.8. The maximum atomic E-state index is 11.9. The molecule has 0 aliphatic carbocycles. The van der Waals surface area contributed by atoms with Gasteiger partial charge in [-0.3, -0.25) is 4.79 Å². The highest BCUT2D eigenvalue weighted by Crippen LogP contribution is 2.30. The van der Waals surface area contributed by atoms with Crippen LogP contribution in [0.5, 0.6) is 0 Å². The van der Waals surface area contributed by atoms with E-state index >= 15 is 0 Å². The zero-order chi connectivity index (χ0) is 15.2. The third-order valence-corrected chi connectivity index (χ3v) is 3.84. The predicted molar refractivity (Wildman–Crippen MR) is 83.8 cm³/mol. The number of hydrogen-bond donors (Lipinski definition) is 1. The third-order valence-electron chi connectivity index (χ3n) is 2.79. The Morgan fingerprint density at radius 1 is 1.24 bits per heavy atom. The molecule has 0 bridgehead atoms. The van der Waals surface area contributed by atoms with Crippen molar-refractivity contribution < 1.29 is 14.3 Å². The molecule has 4 nitrogen and oxygen atoms in total. The molecule has 1 N–H and O–H groups in total. The molecule has 0 aliphatic rings. The smallest absolute Gasteiger partial charge is 0.341 e. The van der Waals surface area contributed by atoms with Gasteiger partial charge in [0.25, 0.3) is 0 Å². The summed E-state index contributed by atoms with van der Waals surface area (Å²) in [6, 6.07) is 11.8. The van der Waals surface area contributed by atoms with Gasteiger partial charge in [-0.1, -0.05) is 30.3 Å². The van der Waals surface area contributed by atoms with Gasteiger partial charge >= 0.3 is 5.97 Å². The lowest BCUT2D eigenvalue weighted by Gasteiger charge is -2.03. The fourth-order valence-corrected chi connectivity index (χ4v) is 3.06. The van der Waals surface area contributed by atoms with Gasteiger partial charge in [-0.2, -0.15) is 0 Å². The number of amides is 1. The summed E-state index contributed by atoms with van der Waals surface area (Å²) in [6.07, 6.45) is 0.720. The fraction of sp³-hybridized carbons (Fsp3) is 0.250. The van der Waals surface area contributed by atoms with Gasteiger partial charge in [0, 0.05) is 18.2 Å². The first-order chi connectivity index (χ1) is 10.1. The van der Waals surface area contributed by atoms with E-state index in [0.29, 0.717) is 17.2 Å². The van der Waals surface area contributed by atoms with E-state index in [2.05, 4.69) is 5.32 Å². The number of nitrogens with one attached hydrogen (secondary N) is 1. The van der Waals surface area contributed by atoms with Crippen molar-refractivity contribution in [3.8, 4) is 0 Å². The Morgan fingerprint density at radius 3 is 2.57 bits per heavy atom. The van der Waals surface area contributed by atoms with E-state index in [1.165, 1.54) is 18.3 Å². The number of carbonyl (C=O) groups excluding carboxylic acids is 2. The molecule has 0 saturated carbocycles. The van der Waals surface area contributed by atoms with Gasteiger partial charge in [0.2, 0.25) is 5.91 Å². The summed E-state index contributed by atoms with van der Waals surface area (Å²) in [5.74, 6) is -0.606. The molecule has 110 valence electrons. The lowest BCUT2D eigenvalue weighted by molar-refractivity contribution is -0.114. The molecule has 1 heterocycles. The fourth-order valence-electron chi connectivity index (χ4n) is 1.94. The minimum absolute atomic E-state index is 0.200. The number of anilines is 1. The number of ether oxygens (including phenoxy) is 1. The van der Waals surface area contributed by atoms with Crippen LogP contribution in [-0.4, -0.2) is 18.5 Å². The molecule has 1 aromatic carbocycles. The SMILES string of the molecule is CCOC(=O)c1cc(Cc2ccccc2)sc1NC(C)=O. The van der Waals surface area contributed by atoms with E-state index in [-0.39, 0.29) is 5.91 Å². The topological polar surface area (TPSA) is 55.4 Å². The highest BCUT2D eigenvalue weighted by molar-refractivity contribution is 7.16. The molecule has 0 unspecified atom stereocenters. The number of esters is 1. The normalized spacial score (nSPS) is 10.2. The Bertz CT molecular complexity index is 634. The van der Waals surface area contributed by atoms with Crippen molar-refractivity contribution in [1.29, 1.82) is 0 Å². The van der Waals surface area contributed by atoms with Crippen molar-refractivity contribution in [2.75, 3.05) is 11.9 Å². The summed E-state index contributed by atoms with van der Waals surface area (Å²) in [5.41, 5.74) is 1.58. The van der Waals surface area contributed by atoms with Gasteiger partial charge in [-0.25, -0.2) is 4.79 Å². The van der Waals surface area contributed by atoms with Crippen LogP contribution in [0.2, 0.25) is 0 Å². The monoisotopic (exact) mass is 303 g/mol. The summed E-state index contributed by atoms with van der Waals surface area (Å²) in [5, 5.41) is 3.25. The first kappa shape index (κ1) is 15.3. The number of carbonyl (C=O) groups is 2. The first-order valence-electron chi connectivity index (χ1n) is 6.71. The molecular weight excluding hydrogens is 286 g/mol. The van der Waals surface area contributed by atoms with Crippen LogP contribution >= 0.6 is 11.3 Å². The molecule has 0 aliphatic heterocycles. The maximum absolute atomic E-state index is 11.9. The number of benzene rings is 1. The molecule has 0 atom stereocenters. The Hall–Kier alpha value is -2.14. The number of rotatable bonds is 5. The molecule has 1 amide bonds. The maximum Gasteiger partial charge on any atom is 0.341 e. The lowest BCUT2D eigenvalue weighted by Crippen LogP contribution is -2.10. The van der Waals surface area contributed by atoms with Gasteiger partial charge in [0.05, 0.1) is 12.2 Å². The molecule has 0 fully saturated rings. The molecule has 5 heteroatoms. The molecule has 2 aromatic rings. The van der Waals surface area contributed by atoms with Gasteiger partial charge in [-0.15, -0.1) is 11.3 Å². The summed E-state index contributed by atoms with van der Waals surface area (Å²) < 4.78 is 5.03. The predicted octanol–water partition coefficient (Wildman–Crippen LogP) is 3.47. The van der Waals surface area contributed by atoms with Gasteiger partial charge < -0.3 is 10.1 Å². The van der Waals surface area contributed by atoms with E-state index in [0.717, 1.165) is 16.9 Å². The average molecular weight is 303 g/mol. The van der Waals surface area contributed by atoms with Crippen LogP contribution in [0.4, 0.5) is 5.00 Å². The lowest BCUT2D eigenvalue weighted by atomic mass is 10.1. The second-order valence-electron chi connectivity index (χ2n) is 4.52. The molecular formula is C16H17NO3S. The van der Waals surface area contributed by atoms with Gasteiger partial charge in [-0.05, 0) is 18.6 Å². The molecule has 0 saturated heterocycles. The van der Waals surface area contributed by atoms with Crippen molar-refractivity contribution in [2.45, 2.75) is 20.3 Å². The van der Waals surface area contributed by atoms with Gasteiger partial charge in [0.1, 0.15) is 5.00 Å². The van der Waals surface area contributed by atoms with Crippen LogP contribution in [0.15, 0.2) is 36.4 Å². The van der Waals surface area contributed by atoms with Crippen molar-refractivity contribution >= 4 is 28.2 Å². The van der Waals surface area contributed by atoms with Crippen molar-refractivity contribution in [3.63, 3.8) is 0 Å². The first-order valence-corrected chi connectivity index (χ1v) is 7.53. The van der Waals surface area contributed by atoms with Crippen molar-refractivity contribution in [1.82, 2.24) is 0 Å². The average Bonchev–Trinajstić information content (AvgIpc) is 2.82. The second-order valence-corrected chi connectivity index (χ2v) is 5.66. The summed E-state index contributed by atoms with van der Waals surface area (Å²) in [6.45, 7) is 3.49. The Labute approximate surface area is 127 Å². The van der Waals surface area contributed by atoms with Crippen molar-refractivity contribution in [3.05, 3.63) is 52.4 Å². The molecule has 21 heavy (non-hydrogen) atoms. The van der Waals surface area contributed by atoms with E-state index in [1.807, 2.05) is 30.3 Å². The molecule has 2 rings (SSSR count). The van der Waals surface area contributed by atoms with Crippen LogP contribution < -0.4 is 5.32 Å². The van der Waals surface area contributed by atoms with E-state index in [9.17, 15) is 9.59 Å². The quantitative estimate of drug-likeness (QED) is 0.860. The van der Waals surface area contributed by atoms with Crippen molar-refractivity contribution in [2.24, 2.45) is 0 Å².